The molecule has 0 fully saturated rings. The fraction of sp³-hybridized carbons (Fsp3) is 0.350. The molecule has 1 amide bonds. The summed E-state index contributed by atoms with van der Waals surface area (Å²) >= 11 is 0. The van der Waals surface area contributed by atoms with Gasteiger partial charge in [-0.3, -0.25) is 4.79 Å². The summed E-state index contributed by atoms with van der Waals surface area (Å²) in [5.41, 5.74) is 0.400. The van der Waals surface area contributed by atoms with Gasteiger partial charge in [-0.05, 0) is 48.2 Å². The summed E-state index contributed by atoms with van der Waals surface area (Å²) in [5.74, 6) is -0.830. The molecule has 0 saturated heterocycles. The SMILES string of the molecule is [2H]C([2H])([2H])Oc1ccc(CCNC(=O)CCc2ccc(C(F)(F)F)cc2)cc1OC([2H])([2H])[2H]. The molecule has 0 aliphatic rings. The van der Waals surface area contributed by atoms with Crippen molar-refractivity contribution in [2.24, 2.45) is 0 Å². The standard InChI is InChI=1S/C20H22F3NO3/c1-26-17-9-5-15(13-18(17)27-2)11-12-24-19(25)10-6-14-3-7-16(8-4-14)20(21,22)23/h3-5,7-9,13H,6,10-12H2,1-2H3,(H,24,25)/i1D3,2D3. The molecule has 0 heterocycles. The van der Waals surface area contributed by atoms with E-state index in [1.165, 1.54) is 30.3 Å². The van der Waals surface area contributed by atoms with Gasteiger partial charge in [-0.25, -0.2) is 0 Å². The van der Waals surface area contributed by atoms with E-state index in [0.29, 0.717) is 11.1 Å². The van der Waals surface area contributed by atoms with Crippen LogP contribution in [0.2, 0.25) is 0 Å². The van der Waals surface area contributed by atoms with Crippen LogP contribution in [0, 0.1) is 0 Å². The van der Waals surface area contributed by atoms with Crippen LogP contribution in [-0.2, 0) is 23.8 Å². The van der Waals surface area contributed by atoms with Gasteiger partial charge in [0.2, 0.25) is 5.91 Å². The minimum absolute atomic E-state index is 0.0735. The topological polar surface area (TPSA) is 47.6 Å². The van der Waals surface area contributed by atoms with Crippen molar-refractivity contribution in [3.05, 3.63) is 59.2 Å². The third kappa shape index (κ3) is 6.20. The fourth-order valence-corrected chi connectivity index (χ4v) is 2.42. The number of hydrogen-bond acceptors (Lipinski definition) is 3. The maximum Gasteiger partial charge on any atom is 0.416 e. The number of amides is 1. The first kappa shape index (κ1) is 13.5. The van der Waals surface area contributed by atoms with E-state index in [0.717, 1.165) is 12.1 Å². The number of hydrogen-bond donors (Lipinski definition) is 1. The van der Waals surface area contributed by atoms with E-state index >= 15 is 0 Å². The lowest BCUT2D eigenvalue weighted by Gasteiger charge is -2.10. The van der Waals surface area contributed by atoms with Crippen molar-refractivity contribution in [2.75, 3.05) is 20.6 Å². The lowest BCUT2D eigenvalue weighted by atomic mass is 10.1. The summed E-state index contributed by atoms with van der Waals surface area (Å²) in [4.78, 5) is 12.0. The molecular formula is C20H22F3NO3. The molecule has 2 aromatic rings. The zero-order valence-electron chi connectivity index (χ0n) is 20.2. The van der Waals surface area contributed by atoms with Crippen molar-refractivity contribution in [1.29, 1.82) is 0 Å². The van der Waals surface area contributed by atoms with Gasteiger partial charge in [-0.1, -0.05) is 18.2 Å². The van der Waals surface area contributed by atoms with Gasteiger partial charge >= 0.3 is 6.18 Å². The largest absolute Gasteiger partial charge is 0.493 e. The van der Waals surface area contributed by atoms with Crippen LogP contribution in [-0.4, -0.2) is 26.5 Å². The van der Waals surface area contributed by atoms with Gasteiger partial charge in [-0.2, -0.15) is 13.2 Å². The third-order valence-electron chi connectivity index (χ3n) is 3.89. The predicted octanol–water partition coefficient (Wildman–Crippen LogP) is 4.01. The summed E-state index contributed by atoms with van der Waals surface area (Å²) in [5, 5.41) is 2.67. The van der Waals surface area contributed by atoms with E-state index in [9.17, 15) is 18.0 Å². The molecule has 0 aromatic heterocycles. The average Bonchev–Trinajstić information content (AvgIpc) is 2.66. The van der Waals surface area contributed by atoms with Crippen molar-refractivity contribution in [3.63, 3.8) is 0 Å². The molecule has 0 spiro atoms. The molecule has 0 aliphatic carbocycles. The first-order valence-corrected chi connectivity index (χ1v) is 8.06. The second kappa shape index (κ2) is 9.30. The number of carbonyl (C=O) groups is 1. The Hall–Kier alpha value is -2.70. The maximum atomic E-state index is 12.6. The summed E-state index contributed by atoms with van der Waals surface area (Å²) in [6, 6.07) is 8.69. The van der Waals surface area contributed by atoms with Gasteiger partial charge in [0.05, 0.1) is 27.9 Å². The summed E-state index contributed by atoms with van der Waals surface area (Å²) in [6.07, 6.45) is -3.79. The van der Waals surface area contributed by atoms with E-state index in [-0.39, 0.29) is 43.2 Å². The highest BCUT2D eigenvalue weighted by Crippen LogP contribution is 2.29. The Kier molecular flexibility index (Phi) is 4.64. The average molecular weight is 387 g/mol. The Labute approximate surface area is 164 Å². The Bertz CT molecular complexity index is 944. The maximum absolute atomic E-state index is 12.6. The van der Waals surface area contributed by atoms with E-state index in [1.807, 2.05) is 0 Å². The number of carbonyl (C=O) groups excluding carboxylic acids is 1. The highest BCUT2D eigenvalue weighted by Gasteiger charge is 2.29. The molecule has 27 heavy (non-hydrogen) atoms. The third-order valence-corrected chi connectivity index (χ3v) is 3.89. The first-order chi connectivity index (χ1) is 15.1. The van der Waals surface area contributed by atoms with Gasteiger partial charge in [0.1, 0.15) is 0 Å². The van der Waals surface area contributed by atoms with Crippen molar-refractivity contribution in [2.45, 2.75) is 25.4 Å². The Morgan fingerprint density at radius 3 is 2.33 bits per heavy atom. The quantitative estimate of drug-likeness (QED) is 0.744. The van der Waals surface area contributed by atoms with E-state index < -0.39 is 25.8 Å². The first-order valence-electron chi connectivity index (χ1n) is 11.1. The second-order valence-electron chi connectivity index (χ2n) is 5.78. The minimum atomic E-state index is -4.42. The normalized spacial score (nSPS) is 15.4. The highest BCUT2D eigenvalue weighted by molar-refractivity contribution is 5.76. The zero-order chi connectivity index (χ0) is 24.9. The molecular weight excluding hydrogens is 359 g/mol. The van der Waals surface area contributed by atoms with Crippen LogP contribution in [0.5, 0.6) is 11.5 Å². The highest BCUT2D eigenvalue weighted by atomic mass is 19.4. The molecule has 0 bridgehead atoms. The molecule has 2 rings (SSSR count). The number of rotatable bonds is 8. The molecule has 0 atom stereocenters. The molecule has 7 heteroatoms. The fourth-order valence-electron chi connectivity index (χ4n) is 2.42. The molecule has 2 aromatic carbocycles. The number of nitrogens with one attached hydrogen (secondary N) is 1. The van der Waals surface area contributed by atoms with E-state index in [4.69, 9.17) is 17.7 Å². The summed E-state index contributed by atoms with van der Waals surface area (Å²) in [7, 11) is -5.62. The Balaban J connectivity index is 1.89. The van der Waals surface area contributed by atoms with Gasteiger partial charge in [-0.15, -0.1) is 0 Å². The molecule has 0 saturated carbocycles. The minimum Gasteiger partial charge on any atom is -0.493 e. The number of halogens is 3. The van der Waals surface area contributed by atoms with E-state index in [2.05, 4.69) is 5.32 Å². The number of ether oxygens (including phenoxy) is 2. The van der Waals surface area contributed by atoms with E-state index in [1.54, 1.807) is 0 Å². The summed E-state index contributed by atoms with van der Waals surface area (Å²) in [6.45, 7) is 0.193. The molecule has 0 aliphatic heterocycles. The van der Waals surface area contributed by atoms with Crippen molar-refractivity contribution >= 4 is 5.91 Å². The molecule has 1 N–H and O–H groups in total. The number of aryl methyl sites for hydroxylation is 1. The molecule has 0 radical (unpaired) electrons. The smallest absolute Gasteiger partial charge is 0.416 e. The number of benzene rings is 2. The Morgan fingerprint density at radius 2 is 1.67 bits per heavy atom. The van der Waals surface area contributed by atoms with Gasteiger partial charge in [0.15, 0.2) is 11.5 Å². The number of alkyl halides is 3. The van der Waals surface area contributed by atoms with Gasteiger partial charge < -0.3 is 14.8 Å². The van der Waals surface area contributed by atoms with Crippen LogP contribution in [0.4, 0.5) is 13.2 Å². The second-order valence-corrected chi connectivity index (χ2v) is 5.78. The lowest BCUT2D eigenvalue weighted by Crippen LogP contribution is -2.25. The van der Waals surface area contributed by atoms with Crippen LogP contribution in [0.1, 0.15) is 31.3 Å². The Morgan fingerprint density at radius 1 is 1.00 bits per heavy atom. The van der Waals surface area contributed by atoms with Crippen LogP contribution >= 0.6 is 0 Å². The molecule has 146 valence electrons. The predicted molar refractivity (Wildman–Crippen MR) is 96.0 cm³/mol. The zero-order valence-corrected chi connectivity index (χ0v) is 14.2. The number of methoxy groups -OCH3 is 2. The van der Waals surface area contributed by atoms with Crippen LogP contribution in [0.3, 0.4) is 0 Å². The molecule has 0 unspecified atom stereocenters. The summed E-state index contributed by atoms with van der Waals surface area (Å²) < 4.78 is 90.5. The molecule has 4 nitrogen and oxygen atoms in total. The van der Waals surface area contributed by atoms with Crippen molar-refractivity contribution < 1.29 is 35.7 Å². The van der Waals surface area contributed by atoms with Gasteiger partial charge in [0.25, 0.3) is 0 Å². The van der Waals surface area contributed by atoms with Crippen LogP contribution in [0.25, 0.3) is 0 Å². The van der Waals surface area contributed by atoms with Gasteiger partial charge in [0, 0.05) is 13.0 Å². The lowest BCUT2D eigenvalue weighted by molar-refractivity contribution is -0.137. The monoisotopic (exact) mass is 387 g/mol. The van der Waals surface area contributed by atoms with Crippen molar-refractivity contribution in [1.82, 2.24) is 5.32 Å². The van der Waals surface area contributed by atoms with Crippen LogP contribution < -0.4 is 14.8 Å². The van der Waals surface area contributed by atoms with Crippen LogP contribution in [0.15, 0.2) is 42.5 Å². The van der Waals surface area contributed by atoms with Crippen molar-refractivity contribution in [3.8, 4) is 11.5 Å².